The van der Waals surface area contributed by atoms with Crippen molar-refractivity contribution < 1.29 is 0 Å². The molecule has 0 saturated heterocycles. The van der Waals surface area contributed by atoms with Gasteiger partial charge in [-0.25, -0.2) is 0 Å². The Bertz CT molecular complexity index is 166. The number of hydrogen-bond donors (Lipinski definition) is 1. The minimum absolute atomic E-state index is 0.355. The van der Waals surface area contributed by atoms with Gasteiger partial charge in [0, 0.05) is 6.54 Å². The number of nitriles is 1. The third kappa shape index (κ3) is 1.43. The second-order valence-corrected chi connectivity index (χ2v) is 2.14. The van der Waals surface area contributed by atoms with Crippen LogP contribution in [-0.4, -0.2) is 18.4 Å². The smallest absolute Gasteiger partial charge is 0.111 e. The lowest BCUT2D eigenvalue weighted by Gasteiger charge is -1.91. The molecule has 0 bridgehead atoms. The van der Waals surface area contributed by atoms with E-state index in [1.807, 2.05) is 13.0 Å². The molecular weight excluding hydrogens is 114 g/mol. The third-order valence-corrected chi connectivity index (χ3v) is 1.22. The molecule has 1 aliphatic rings. The summed E-state index contributed by atoms with van der Waals surface area (Å²) in [4.78, 5) is 4.16. The van der Waals surface area contributed by atoms with E-state index in [4.69, 9.17) is 5.26 Å². The first-order chi connectivity index (χ1) is 4.33. The SMILES string of the molecule is CC1CNC(CC#N)=N1. The van der Waals surface area contributed by atoms with Crippen LogP contribution in [0, 0.1) is 11.3 Å². The highest BCUT2D eigenvalue weighted by molar-refractivity contribution is 5.85. The van der Waals surface area contributed by atoms with Crippen LogP contribution in [0.5, 0.6) is 0 Å². The Labute approximate surface area is 54.4 Å². The van der Waals surface area contributed by atoms with Crippen molar-refractivity contribution in [1.82, 2.24) is 5.32 Å². The van der Waals surface area contributed by atoms with Crippen LogP contribution in [0.25, 0.3) is 0 Å². The molecule has 1 rings (SSSR count). The molecule has 0 aromatic carbocycles. The Morgan fingerprint density at radius 3 is 3.22 bits per heavy atom. The maximum absolute atomic E-state index is 8.24. The summed E-state index contributed by atoms with van der Waals surface area (Å²) in [5.41, 5.74) is 0. The molecule has 48 valence electrons. The van der Waals surface area contributed by atoms with Crippen molar-refractivity contribution in [2.45, 2.75) is 19.4 Å². The van der Waals surface area contributed by atoms with Crippen LogP contribution in [0.2, 0.25) is 0 Å². The molecule has 0 radical (unpaired) electrons. The van der Waals surface area contributed by atoms with Gasteiger partial charge in [-0.05, 0) is 6.92 Å². The Morgan fingerprint density at radius 2 is 2.78 bits per heavy atom. The monoisotopic (exact) mass is 123 g/mol. The second-order valence-electron chi connectivity index (χ2n) is 2.14. The molecular formula is C6H9N3. The van der Waals surface area contributed by atoms with Gasteiger partial charge in [0.1, 0.15) is 5.84 Å². The van der Waals surface area contributed by atoms with Crippen molar-refractivity contribution in [2.75, 3.05) is 6.54 Å². The molecule has 9 heavy (non-hydrogen) atoms. The van der Waals surface area contributed by atoms with Gasteiger partial charge in [-0.1, -0.05) is 0 Å². The van der Waals surface area contributed by atoms with Gasteiger partial charge in [0.2, 0.25) is 0 Å². The summed E-state index contributed by atoms with van der Waals surface area (Å²) in [5, 5.41) is 11.3. The largest absolute Gasteiger partial charge is 0.371 e. The molecule has 0 spiro atoms. The van der Waals surface area contributed by atoms with E-state index in [-0.39, 0.29) is 0 Å². The van der Waals surface area contributed by atoms with Crippen LogP contribution < -0.4 is 5.32 Å². The van der Waals surface area contributed by atoms with Crippen LogP contribution in [0.4, 0.5) is 0 Å². The predicted octanol–water partition coefficient (Wildman–Crippen LogP) is 0.290. The van der Waals surface area contributed by atoms with E-state index in [2.05, 4.69) is 10.3 Å². The lowest BCUT2D eigenvalue weighted by atomic mass is 10.4. The van der Waals surface area contributed by atoms with Gasteiger partial charge in [-0.2, -0.15) is 5.26 Å². The van der Waals surface area contributed by atoms with E-state index in [1.54, 1.807) is 0 Å². The van der Waals surface area contributed by atoms with Crippen LogP contribution >= 0.6 is 0 Å². The Balaban J connectivity index is 2.44. The first-order valence-corrected chi connectivity index (χ1v) is 3.00. The third-order valence-electron chi connectivity index (χ3n) is 1.22. The molecule has 3 nitrogen and oxygen atoms in total. The fraction of sp³-hybridized carbons (Fsp3) is 0.667. The topological polar surface area (TPSA) is 48.2 Å². The molecule has 1 atom stereocenters. The summed E-state index contributed by atoms with van der Waals surface area (Å²) in [6.45, 7) is 2.91. The number of rotatable bonds is 1. The van der Waals surface area contributed by atoms with E-state index >= 15 is 0 Å². The molecule has 1 heterocycles. The number of hydrogen-bond acceptors (Lipinski definition) is 3. The van der Waals surface area contributed by atoms with Gasteiger partial charge in [0.25, 0.3) is 0 Å². The van der Waals surface area contributed by atoms with Crippen molar-refractivity contribution >= 4 is 5.84 Å². The summed E-state index contributed by atoms with van der Waals surface area (Å²) >= 11 is 0. The number of aliphatic imine (C=N–C) groups is 1. The van der Waals surface area contributed by atoms with Crippen molar-refractivity contribution in [2.24, 2.45) is 4.99 Å². The van der Waals surface area contributed by atoms with Crippen molar-refractivity contribution in [3.8, 4) is 6.07 Å². The summed E-state index contributed by atoms with van der Waals surface area (Å²) < 4.78 is 0. The standard InChI is InChI=1S/C6H9N3/c1-5-4-8-6(9-5)2-3-7/h5H,2,4H2,1H3,(H,8,9). The summed E-state index contributed by atoms with van der Waals surface area (Å²) in [6.07, 6.45) is 0.421. The zero-order chi connectivity index (χ0) is 6.69. The van der Waals surface area contributed by atoms with E-state index < -0.39 is 0 Å². The fourth-order valence-corrected chi connectivity index (χ4v) is 0.806. The molecule has 1 N–H and O–H groups in total. The predicted molar refractivity (Wildman–Crippen MR) is 35.1 cm³/mol. The quantitative estimate of drug-likeness (QED) is 0.544. The summed E-state index contributed by atoms with van der Waals surface area (Å²) in [5.74, 6) is 0.838. The molecule has 0 amide bonds. The van der Waals surface area contributed by atoms with Crippen LogP contribution in [-0.2, 0) is 0 Å². The van der Waals surface area contributed by atoms with Gasteiger partial charge in [0.05, 0.1) is 18.5 Å². The molecule has 0 saturated carbocycles. The first kappa shape index (κ1) is 6.09. The van der Waals surface area contributed by atoms with Gasteiger partial charge in [-0.15, -0.1) is 0 Å². The number of nitrogens with one attached hydrogen (secondary N) is 1. The van der Waals surface area contributed by atoms with Crippen LogP contribution in [0.15, 0.2) is 4.99 Å². The normalized spacial score (nSPS) is 24.4. The van der Waals surface area contributed by atoms with E-state index in [0.29, 0.717) is 12.5 Å². The zero-order valence-corrected chi connectivity index (χ0v) is 5.39. The van der Waals surface area contributed by atoms with Gasteiger partial charge < -0.3 is 5.32 Å². The Kier molecular flexibility index (Phi) is 1.69. The van der Waals surface area contributed by atoms with Crippen LogP contribution in [0.3, 0.4) is 0 Å². The lowest BCUT2D eigenvalue weighted by molar-refractivity contribution is 0.765. The maximum Gasteiger partial charge on any atom is 0.111 e. The molecule has 0 aliphatic carbocycles. The average molecular weight is 123 g/mol. The lowest BCUT2D eigenvalue weighted by Crippen LogP contribution is -2.19. The molecule has 1 unspecified atom stereocenters. The summed E-state index contributed by atoms with van der Waals surface area (Å²) in [7, 11) is 0. The van der Waals surface area contributed by atoms with E-state index in [1.165, 1.54) is 0 Å². The Morgan fingerprint density at radius 1 is 2.00 bits per heavy atom. The highest BCUT2D eigenvalue weighted by atomic mass is 15.1. The molecule has 0 fully saturated rings. The van der Waals surface area contributed by atoms with E-state index in [9.17, 15) is 0 Å². The highest BCUT2D eigenvalue weighted by Gasteiger charge is 2.09. The van der Waals surface area contributed by atoms with Crippen molar-refractivity contribution in [3.05, 3.63) is 0 Å². The average Bonchev–Trinajstić information content (AvgIpc) is 2.17. The molecule has 0 aromatic rings. The molecule has 3 heteroatoms. The zero-order valence-electron chi connectivity index (χ0n) is 5.39. The molecule has 1 aliphatic heterocycles. The molecule has 0 aromatic heterocycles. The minimum Gasteiger partial charge on any atom is -0.371 e. The number of nitrogens with zero attached hydrogens (tertiary/aromatic N) is 2. The second kappa shape index (κ2) is 2.49. The van der Waals surface area contributed by atoms with E-state index in [0.717, 1.165) is 12.4 Å². The highest BCUT2D eigenvalue weighted by Crippen LogP contribution is 1.97. The summed E-state index contributed by atoms with van der Waals surface area (Å²) in [6, 6.07) is 2.39. The maximum atomic E-state index is 8.24. The van der Waals surface area contributed by atoms with Gasteiger partial charge in [-0.3, -0.25) is 4.99 Å². The van der Waals surface area contributed by atoms with Gasteiger partial charge in [0.15, 0.2) is 0 Å². The van der Waals surface area contributed by atoms with Crippen molar-refractivity contribution in [1.29, 1.82) is 5.26 Å². The first-order valence-electron chi connectivity index (χ1n) is 3.00. The van der Waals surface area contributed by atoms with Crippen LogP contribution in [0.1, 0.15) is 13.3 Å². The Hall–Kier alpha value is -1.04. The fourth-order valence-electron chi connectivity index (χ4n) is 0.806. The van der Waals surface area contributed by atoms with Gasteiger partial charge >= 0.3 is 0 Å². The number of amidine groups is 1. The van der Waals surface area contributed by atoms with Crippen molar-refractivity contribution in [3.63, 3.8) is 0 Å². The minimum atomic E-state index is 0.355.